The first-order valence-corrected chi connectivity index (χ1v) is 8.82. The Kier molecular flexibility index (Phi) is 5.37. The van der Waals surface area contributed by atoms with Crippen LogP contribution in [-0.2, 0) is 11.2 Å². The molecule has 0 spiro atoms. The van der Waals surface area contributed by atoms with Gasteiger partial charge >= 0.3 is 0 Å². The van der Waals surface area contributed by atoms with Crippen molar-refractivity contribution in [3.8, 4) is 17.2 Å². The Morgan fingerprint density at radius 3 is 2.32 bits per heavy atom. The number of nitrogens with zero attached hydrogens (tertiary/aromatic N) is 2. The fourth-order valence-corrected chi connectivity index (χ4v) is 4.14. The van der Waals surface area contributed by atoms with Crippen LogP contribution in [0.15, 0.2) is 12.1 Å². The smallest absolute Gasteiger partial charge is 0.227 e. The van der Waals surface area contributed by atoms with E-state index in [1.165, 1.54) is 6.42 Å². The van der Waals surface area contributed by atoms with Gasteiger partial charge < -0.3 is 24.0 Å². The van der Waals surface area contributed by atoms with E-state index in [0.29, 0.717) is 35.6 Å². The number of likely N-dealkylation sites (N-methyl/N-ethyl adjacent to an activating group) is 1. The predicted octanol–water partition coefficient (Wildman–Crippen LogP) is 1.81. The van der Waals surface area contributed by atoms with E-state index in [1.807, 2.05) is 12.1 Å². The van der Waals surface area contributed by atoms with Gasteiger partial charge in [-0.1, -0.05) is 0 Å². The number of amides is 1. The van der Waals surface area contributed by atoms with Crippen LogP contribution in [0, 0.1) is 5.92 Å². The lowest BCUT2D eigenvalue weighted by molar-refractivity contribution is -0.134. The van der Waals surface area contributed by atoms with Crippen LogP contribution in [0.25, 0.3) is 0 Å². The summed E-state index contributed by atoms with van der Waals surface area (Å²) in [6.07, 6.45) is 2.68. The zero-order valence-corrected chi connectivity index (χ0v) is 15.6. The number of hydrogen-bond acceptors (Lipinski definition) is 5. The molecule has 1 amide bonds. The van der Waals surface area contributed by atoms with Gasteiger partial charge in [0.05, 0.1) is 27.8 Å². The molecule has 3 aliphatic heterocycles. The fourth-order valence-electron chi connectivity index (χ4n) is 4.14. The average Bonchev–Trinajstić information content (AvgIpc) is 2.89. The summed E-state index contributed by atoms with van der Waals surface area (Å²) in [5.74, 6) is 2.49. The molecule has 3 saturated heterocycles. The summed E-state index contributed by atoms with van der Waals surface area (Å²) >= 11 is 0. The van der Waals surface area contributed by atoms with Crippen LogP contribution >= 0.6 is 0 Å². The van der Waals surface area contributed by atoms with Gasteiger partial charge in [-0.05, 0) is 43.5 Å². The highest BCUT2D eigenvalue weighted by molar-refractivity contribution is 5.80. The second kappa shape index (κ2) is 7.52. The molecule has 4 rings (SSSR count). The quantitative estimate of drug-likeness (QED) is 0.812. The van der Waals surface area contributed by atoms with E-state index in [2.05, 4.69) is 16.8 Å². The lowest BCUT2D eigenvalue weighted by atomic mass is 9.94. The maximum atomic E-state index is 13.0. The Bertz CT molecular complexity index is 609. The van der Waals surface area contributed by atoms with Crippen molar-refractivity contribution in [2.75, 3.05) is 48.0 Å². The molecular formula is C19H28N2O4. The normalized spacial score (nSPS) is 23.3. The van der Waals surface area contributed by atoms with Crippen LogP contribution in [0.4, 0.5) is 0 Å². The number of carbonyl (C=O) groups excluding carboxylic acids is 1. The minimum Gasteiger partial charge on any atom is -0.493 e. The summed E-state index contributed by atoms with van der Waals surface area (Å²) in [5.41, 5.74) is 0.882. The van der Waals surface area contributed by atoms with Crippen LogP contribution in [0.1, 0.15) is 18.4 Å². The second-order valence-corrected chi connectivity index (χ2v) is 7.07. The molecule has 0 radical (unpaired) electrons. The Labute approximate surface area is 149 Å². The molecule has 0 aliphatic carbocycles. The molecular weight excluding hydrogens is 320 g/mol. The Hall–Kier alpha value is -1.95. The Morgan fingerprint density at radius 2 is 1.72 bits per heavy atom. The molecule has 6 nitrogen and oxygen atoms in total. The lowest BCUT2D eigenvalue weighted by Crippen LogP contribution is -2.47. The van der Waals surface area contributed by atoms with Gasteiger partial charge in [-0.15, -0.1) is 0 Å². The summed E-state index contributed by atoms with van der Waals surface area (Å²) < 4.78 is 16.1. The van der Waals surface area contributed by atoms with Gasteiger partial charge in [-0.2, -0.15) is 0 Å². The molecule has 0 saturated carbocycles. The summed E-state index contributed by atoms with van der Waals surface area (Å²) in [5, 5.41) is 0. The summed E-state index contributed by atoms with van der Waals surface area (Å²) in [7, 11) is 6.91. The Morgan fingerprint density at radius 1 is 1.04 bits per heavy atom. The van der Waals surface area contributed by atoms with Crippen molar-refractivity contribution in [2.45, 2.75) is 25.3 Å². The minimum atomic E-state index is 0.180. The van der Waals surface area contributed by atoms with Crippen molar-refractivity contribution >= 4 is 5.91 Å². The van der Waals surface area contributed by atoms with E-state index >= 15 is 0 Å². The largest absolute Gasteiger partial charge is 0.493 e. The van der Waals surface area contributed by atoms with Gasteiger partial charge in [-0.3, -0.25) is 4.79 Å². The maximum absolute atomic E-state index is 13.0. The highest BCUT2D eigenvalue weighted by Crippen LogP contribution is 2.38. The lowest BCUT2D eigenvalue weighted by Gasteiger charge is -2.36. The van der Waals surface area contributed by atoms with E-state index in [-0.39, 0.29) is 5.91 Å². The number of ether oxygens (including phenoxy) is 3. The standard InChI is InChI=1S/C19H28N2O4/c1-20-10-13-5-6-15(12-20)21(11-13)18(22)9-14-7-16(23-2)19(25-4)17(8-14)24-3/h7-8,13,15H,5-6,9-12H2,1-4H3/t13-,15+/m0/s1. The molecule has 25 heavy (non-hydrogen) atoms. The van der Waals surface area contributed by atoms with Crippen molar-refractivity contribution in [1.82, 2.24) is 9.80 Å². The highest BCUT2D eigenvalue weighted by Gasteiger charge is 2.36. The number of rotatable bonds is 5. The van der Waals surface area contributed by atoms with Gasteiger partial charge in [0.1, 0.15) is 0 Å². The van der Waals surface area contributed by atoms with Gasteiger partial charge in [0.2, 0.25) is 11.7 Å². The molecule has 3 fully saturated rings. The Balaban J connectivity index is 1.79. The number of piperidine rings is 1. The molecule has 0 aromatic heterocycles. The molecule has 3 heterocycles. The SMILES string of the molecule is COc1cc(CC(=O)N2C[C@H]3CC[C@@H]2CN(C)C3)cc(OC)c1OC. The van der Waals surface area contributed by atoms with Crippen molar-refractivity contribution in [1.29, 1.82) is 0 Å². The average molecular weight is 348 g/mol. The minimum absolute atomic E-state index is 0.180. The van der Waals surface area contributed by atoms with Gasteiger partial charge in [0.15, 0.2) is 11.5 Å². The molecule has 6 heteroatoms. The first-order chi connectivity index (χ1) is 12.0. The van der Waals surface area contributed by atoms with Gasteiger partial charge in [-0.25, -0.2) is 0 Å². The van der Waals surface area contributed by atoms with Gasteiger partial charge in [0, 0.05) is 25.7 Å². The van der Waals surface area contributed by atoms with E-state index in [9.17, 15) is 4.79 Å². The second-order valence-electron chi connectivity index (χ2n) is 7.07. The number of benzene rings is 1. The van der Waals surface area contributed by atoms with Crippen molar-refractivity contribution in [3.05, 3.63) is 17.7 Å². The summed E-state index contributed by atoms with van der Waals surface area (Å²) in [6, 6.07) is 4.06. The monoisotopic (exact) mass is 348 g/mol. The molecule has 2 bridgehead atoms. The number of hydrogen-bond donors (Lipinski definition) is 0. The van der Waals surface area contributed by atoms with Crippen molar-refractivity contribution in [3.63, 3.8) is 0 Å². The van der Waals surface area contributed by atoms with Crippen molar-refractivity contribution in [2.24, 2.45) is 5.92 Å². The third-order valence-electron chi connectivity index (χ3n) is 5.30. The van der Waals surface area contributed by atoms with Crippen LogP contribution in [0.2, 0.25) is 0 Å². The predicted molar refractivity (Wildman–Crippen MR) is 95.5 cm³/mol. The first-order valence-electron chi connectivity index (χ1n) is 8.82. The molecule has 0 unspecified atom stereocenters. The van der Waals surface area contributed by atoms with Crippen LogP contribution in [0.5, 0.6) is 17.2 Å². The maximum Gasteiger partial charge on any atom is 0.227 e. The topological polar surface area (TPSA) is 51.2 Å². The molecule has 3 aliphatic rings. The fraction of sp³-hybridized carbons (Fsp3) is 0.632. The number of fused-ring (bicyclic) bond motifs is 4. The van der Waals surface area contributed by atoms with Crippen LogP contribution in [0.3, 0.4) is 0 Å². The zero-order chi connectivity index (χ0) is 18.0. The summed E-state index contributed by atoms with van der Waals surface area (Å²) in [6.45, 7) is 2.93. The zero-order valence-electron chi connectivity index (χ0n) is 15.6. The van der Waals surface area contributed by atoms with Crippen LogP contribution in [-0.4, -0.2) is 69.8 Å². The van der Waals surface area contributed by atoms with E-state index in [0.717, 1.165) is 31.6 Å². The third kappa shape index (κ3) is 3.68. The number of methoxy groups -OCH3 is 3. The molecule has 2 atom stereocenters. The van der Waals surface area contributed by atoms with E-state index in [1.54, 1.807) is 21.3 Å². The van der Waals surface area contributed by atoms with Gasteiger partial charge in [0.25, 0.3) is 0 Å². The molecule has 0 N–H and O–H groups in total. The molecule has 1 aromatic carbocycles. The van der Waals surface area contributed by atoms with Crippen molar-refractivity contribution < 1.29 is 19.0 Å². The van der Waals surface area contributed by atoms with Crippen LogP contribution < -0.4 is 14.2 Å². The first kappa shape index (κ1) is 17.9. The number of carbonyl (C=O) groups is 1. The van der Waals surface area contributed by atoms with E-state index in [4.69, 9.17) is 14.2 Å². The highest BCUT2D eigenvalue weighted by atomic mass is 16.5. The molecule has 138 valence electrons. The van der Waals surface area contributed by atoms with E-state index < -0.39 is 0 Å². The summed E-state index contributed by atoms with van der Waals surface area (Å²) in [4.78, 5) is 17.4. The third-order valence-corrected chi connectivity index (χ3v) is 5.30. The molecule has 1 aromatic rings.